The third-order valence-corrected chi connectivity index (χ3v) is 6.98. The van der Waals surface area contributed by atoms with Crippen LogP contribution in [0.25, 0.3) is 0 Å². The summed E-state index contributed by atoms with van der Waals surface area (Å²) in [7, 11) is -3.18. The van der Waals surface area contributed by atoms with Crippen LogP contribution in [0.1, 0.15) is 12.5 Å². The lowest BCUT2D eigenvalue weighted by Crippen LogP contribution is -2.48. The highest BCUT2D eigenvalue weighted by molar-refractivity contribution is 9.10. The van der Waals surface area contributed by atoms with Crippen molar-refractivity contribution in [3.63, 3.8) is 0 Å². The quantitative estimate of drug-likeness (QED) is 0.855. The number of halogens is 1. The van der Waals surface area contributed by atoms with Gasteiger partial charge < -0.3 is 10.0 Å². The molecule has 1 atom stereocenters. The second-order valence-electron chi connectivity index (χ2n) is 4.47. The lowest BCUT2D eigenvalue weighted by atomic mass is 10.2. The Balaban J connectivity index is 2.43. The first kappa shape index (κ1) is 16.1. The molecule has 0 spiro atoms. The minimum atomic E-state index is -3.18. The average molecular weight is 381 g/mol. The number of rotatable bonds is 4. The van der Waals surface area contributed by atoms with Gasteiger partial charge in [-0.25, -0.2) is 13.4 Å². The van der Waals surface area contributed by atoms with Crippen molar-refractivity contribution in [1.29, 1.82) is 0 Å². The standard InChI is InChI=1S/C12H17BrN2O3S2/c1-2-20(17,18)11-8-19-4-3-15(11)12-9(7-16)5-10(13)6-14-12/h5-6,11,16H,2-4,7-8H2,1H3. The number of hydrogen-bond acceptors (Lipinski definition) is 6. The Morgan fingerprint density at radius 1 is 1.60 bits per heavy atom. The van der Waals surface area contributed by atoms with Gasteiger partial charge in [-0.15, -0.1) is 0 Å². The van der Waals surface area contributed by atoms with Crippen LogP contribution in [0.15, 0.2) is 16.7 Å². The van der Waals surface area contributed by atoms with E-state index in [1.165, 1.54) is 0 Å². The van der Waals surface area contributed by atoms with E-state index >= 15 is 0 Å². The zero-order chi connectivity index (χ0) is 14.8. The average Bonchev–Trinajstić information content (AvgIpc) is 2.47. The molecule has 2 heterocycles. The fourth-order valence-corrected chi connectivity index (χ4v) is 5.51. The van der Waals surface area contributed by atoms with Crippen LogP contribution in [0, 0.1) is 0 Å². The highest BCUT2D eigenvalue weighted by atomic mass is 79.9. The van der Waals surface area contributed by atoms with Gasteiger partial charge in [0.25, 0.3) is 0 Å². The molecule has 5 nitrogen and oxygen atoms in total. The van der Waals surface area contributed by atoms with Crippen molar-refractivity contribution >= 4 is 43.3 Å². The first-order chi connectivity index (χ1) is 9.49. The molecule has 112 valence electrons. The molecule has 0 saturated carbocycles. The van der Waals surface area contributed by atoms with Crippen molar-refractivity contribution in [3.8, 4) is 0 Å². The molecule has 1 fully saturated rings. The predicted molar refractivity (Wildman–Crippen MR) is 85.8 cm³/mol. The van der Waals surface area contributed by atoms with E-state index in [9.17, 15) is 13.5 Å². The maximum absolute atomic E-state index is 12.3. The number of aliphatic hydroxyl groups excluding tert-OH is 1. The molecule has 1 aromatic heterocycles. The molecular formula is C12H17BrN2O3S2. The van der Waals surface area contributed by atoms with Gasteiger partial charge in [0.05, 0.1) is 6.61 Å². The second-order valence-corrected chi connectivity index (χ2v) is 8.98. The zero-order valence-electron chi connectivity index (χ0n) is 11.1. The fraction of sp³-hybridized carbons (Fsp3) is 0.583. The maximum atomic E-state index is 12.3. The summed E-state index contributed by atoms with van der Waals surface area (Å²) in [4.78, 5) is 6.13. The second kappa shape index (κ2) is 6.64. The number of anilines is 1. The van der Waals surface area contributed by atoms with Gasteiger partial charge in [-0.1, -0.05) is 6.92 Å². The van der Waals surface area contributed by atoms with E-state index in [2.05, 4.69) is 20.9 Å². The monoisotopic (exact) mass is 380 g/mol. The van der Waals surface area contributed by atoms with Crippen LogP contribution < -0.4 is 4.90 Å². The zero-order valence-corrected chi connectivity index (χ0v) is 14.3. The van der Waals surface area contributed by atoms with Gasteiger partial charge >= 0.3 is 0 Å². The van der Waals surface area contributed by atoms with E-state index in [0.717, 1.165) is 10.2 Å². The summed E-state index contributed by atoms with van der Waals surface area (Å²) < 4.78 is 25.3. The van der Waals surface area contributed by atoms with E-state index in [1.54, 1.807) is 30.9 Å². The van der Waals surface area contributed by atoms with Gasteiger partial charge in [0, 0.05) is 40.0 Å². The van der Waals surface area contributed by atoms with Crippen molar-refractivity contribution < 1.29 is 13.5 Å². The Labute approximate surface area is 131 Å². The summed E-state index contributed by atoms with van der Waals surface area (Å²) in [6.07, 6.45) is 1.63. The molecule has 8 heteroatoms. The Bertz CT molecular complexity index is 580. The molecule has 2 rings (SSSR count). The molecule has 0 aliphatic carbocycles. The van der Waals surface area contributed by atoms with Crippen LogP contribution in [0.4, 0.5) is 5.82 Å². The molecule has 0 radical (unpaired) electrons. The molecule has 0 aromatic carbocycles. The smallest absolute Gasteiger partial charge is 0.171 e. The van der Waals surface area contributed by atoms with Crippen molar-refractivity contribution in [2.24, 2.45) is 0 Å². The summed E-state index contributed by atoms with van der Waals surface area (Å²) >= 11 is 4.95. The molecule has 1 unspecified atom stereocenters. The number of hydrogen-bond donors (Lipinski definition) is 1. The number of thioether (sulfide) groups is 1. The maximum Gasteiger partial charge on any atom is 0.171 e. The highest BCUT2D eigenvalue weighted by Gasteiger charge is 2.34. The van der Waals surface area contributed by atoms with E-state index in [1.807, 2.05) is 4.90 Å². The van der Waals surface area contributed by atoms with E-state index in [-0.39, 0.29) is 12.4 Å². The number of nitrogens with zero attached hydrogens (tertiary/aromatic N) is 2. The molecule has 1 aliphatic heterocycles. The Kier molecular flexibility index (Phi) is 5.33. The van der Waals surface area contributed by atoms with E-state index in [4.69, 9.17) is 0 Å². The van der Waals surface area contributed by atoms with E-state index < -0.39 is 15.2 Å². The van der Waals surface area contributed by atoms with Crippen molar-refractivity contribution in [2.45, 2.75) is 18.9 Å². The molecule has 1 N–H and O–H groups in total. The van der Waals surface area contributed by atoms with Crippen molar-refractivity contribution in [2.75, 3.05) is 28.7 Å². The van der Waals surface area contributed by atoms with Gasteiger partial charge in [0.15, 0.2) is 9.84 Å². The van der Waals surface area contributed by atoms with Crippen LogP contribution in [0.3, 0.4) is 0 Å². The van der Waals surface area contributed by atoms with Gasteiger partial charge in [0.2, 0.25) is 0 Å². The molecule has 0 bridgehead atoms. The molecule has 0 amide bonds. The molecule has 1 saturated heterocycles. The summed E-state index contributed by atoms with van der Waals surface area (Å²) in [5, 5.41) is 8.91. The first-order valence-electron chi connectivity index (χ1n) is 6.31. The topological polar surface area (TPSA) is 70.5 Å². The van der Waals surface area contributed by atoms with Gasteiger partial charge in [-0.05, 0) is 22.0 Å². The van der Waals surface area contributed by atoms with Crippen molar-refractivity contribution in [3.05, 3.63) is 22.3 Å². The Hall–Kier alpha value is -0.310. The predicted octanol–water partition coefficient (Wildman–Crippen LogP) is 1.65. The minimum absolute atomic E-state index is 0.111. The molecule has 1 aliphatic rings. The van der Waals surface area contributed by atoms with Crippen LogP contribution in [-0.2, 0) is 16.4 Å². The lowest BCUT2D eigenvalue weighted by Gasteiger charge is -2.36. The minimum Gasteiger partial charge on any atom is -0.392 e. The van der Waals surface area contributed by atoms with Gasteiger partial charge in [0.1, 0.15) is 11.2 Å². The third kappa shape index (κ3) is 3.29. The van der Waals surface area contributed by atoms with Gasteiger partial charge in [-0.2, -0.15) is 11.8 Å². The normalized spacial score (nSPS) is 20.1. The number of aliphatic hydroxyl groups is 1. The summed E-state index contributed by atoms with van der Waals surface area (Å²) in [6.45, 7) is 2.12. The molecular weight excluding hydrogens is 364 g/mol. The summed E-state index contributed by atoms with van der Waals surface area (Å²) in [5.41, 5.74) is 0.641. The highest BCUT2D eigenvalue weighted by Crippen LogP contribution is 2.29. The largest absolute Gasteiger partial charge is 0.392 e. The van der Waals surface area contributed by atoms with Crippen LogP contribution in [-0.4, -0.2) is 47.7 Å². The number of sulfone groups is 1. The first-order valence-corrected chi connectivity index (χ1v) is 9.97. The lowest BCUT2D eigenvalue weighted by molar-refractivity contribution is 0.281. The molecule has 1 aromatic rings. The number of aromatic nitrogens is 1. The van der Waals surface area contributed by atoms with Gasteiger partial charge in [-0.3, -0.25) is 0 Å². The van der Waals surface area contributed by atoms with Crippen LogP contribution in [0.5, 0.6) is 0 Å². The summed E-state index contributed by atoms with van der Waals surface area (Å²) in [6, 6.07) is 1.78. The van der Waals surface area contributed by atoms with Crippen LogP contribution >= 0.6 is 27.7 Å². The van der Waals surface area contributed by atoms with E-state index in [0.29, 0.717) is 23.7 Å². The Morgan fingerprint density at radius 3 is 3.00 bits per heavy atom. The molecule has 20 heavy (non-hydrogen) atoms. The summed E-state index contributed by atoms with van der Waals surface area (Å²) in [5.74, 6) is 2.08. The van der Waals surface area contributed by atoms with Crippen molar-refractivity contribution in [1.82, 2.24) is 4.98 Å². The fourth-order valence-electron chi connectivity index (χ4n) is 2.16. The third-order valence-electron chi connectivity index (χ3n) is 3.25. The number of pyridine rings is 1. The van der Waals surface area contributed by atoms with Crippen LogP contribution in [0.2, 0.25) is 0 Å². The SMILES string of the molecule is CCS(=O)(=O)C1CSCCN1c1ncc(Br)cc1CO. The Morgan fingerprint density at radius 2 is 2.35 bits per heavy atom.